The van der Waals surface area contributed by atoms with Crippen LogP contribution in [0.5, 0.6) is 0 Å². The lowest BCUT2D eigenvalue weighted by Crippen LogP contribution is -2.20. The molecule has 100 valence electrons. The number of hydrogen-bond donors (Lipinski definition) is 0. The van der Waals surface area contributed by atoms with E-state index in [9.17, 15) is 31.1 Å². The van der Waals surface area contributed by atoms with Gasteiger partial charge in [0.15, 0.2) is 5.78 Å². The maximum atomic E-state index is 12.7. The summed E-state index contributed by atoms with van der Waals surface area (Å²) in [5.41, 5.74) is -4.83. The molecule has 0 fully saturated rings. The van der Waals surface area contributed by atoms with Gasteiger partial charge >= 0.3 is 12.4 Å². The first-order valence-electron chi connectivity index (χ1n) is 4.75. The molecule has 0 saturated carbocycles. The fourth-order valence-corrected chi connectivity index (χ4v) is 1.67. The first kappa shape index (κ1) is 14.5. The number of Topliss-reactive ketones (excluding diaryl/α,β-unsaturated/α-hetero) is 1. The van der Waals surface area contributed by atoms with E-state index in [1.54, 1.807) is 0 Å². The number of benzene rings is 1. The van der Waals surface area contributed by atoms with Crippen molar-refractivity contribution in [1.82, 2.24) is 0 Å². The van der Waals surface area contributed by atoms with Crippen molar-refractivity contribution in [3.05, 3.63) is 34.4 Å². The third-order valence-corrected chi connectivity index (χ3v) is 2.35. The van der Waals surface area contributed by atoms with Crippen LogP contribution in [0.2, 0.25) is 0 Å². The highest BCUT2D eigenvalue weighted by molar-refractivity contribution is 5.97. The fraction of sp³-hybridized carbons (Fsp3) is 0.364. The van der Waals surface area contributed by atoms with Crippen molar-refractivity contribution in [1.29, 1.82) is 0 Å². The second-order valence-electron chi connectivity index (χ2n) is 3.73. The number of carbonyl (C=O) groups excluding carboxylic acids is 1. The van der Waals surface area contributed by atoms with Crippen LogP contribution in [0.25, 0.3) is 0 Å². The number of ketones is 1. The zero-order valence-corrected chi connectivity index (χ0v) is 9.33. The number of halogens is 6. The molecular weight excluding hydrogens is 262 g/mol. The molecule has 0 radical (unpaired) electrons. The van der Waals surface area contributed by atoms with Crippen molar-refractivity contribution < 1.29 is 31.1 Å². The molecule has 0 heterocycles. The number of alkyl halides is 6. The minimum atomic E-state index is -5.01. The Morgan fingerprint density at radius 3 is 1.83 bits per heavy atom. The van der Waals surface area contributed by atoms with Gasteiger partial charge in [-0.3, -0.25) is 4.79 Å². The summed E-state index contributed by atoms with van der Waals surface area (Å²) in [5.74, 6) is -1.27. The first-order chi connectivity index (χ1) is 7.96. The molecule has 1 rings (SSSR count). The first-order valence-corrected chi connectivity index (χ1v) is 4.75. The largest absolute Gasteiger partial charge is 0.417 e. The summed E-state index contributed by atoms with van der Waals surface area (Å²) in [6, 6.07) is 1.19. The monoisotopic (exact) mass is 270 g/mol. The van der Waals surface area contributed by atoms with Gasteiger partial charge in [0.1, 0.15) is 0 Å². The predicted molar refractivity (Wildman–Crippen MR) is 51.2 cm³/mol. The lowest BCUT2D eigenvalue weighted by molar-refractivity contribution is -0.143. The van der Waals surface area contributed by atoms with Crippen LogP contribution in [0.15, 0.2) is 12.1 Å². The van der Waals surface area contributed by atoms with Gasteiger partial charge in [0.25, 0.3) is 0 Å². The zero-order valence-electron chi connectivity index (χ0n) is 9.33. The summed E-state index contributed by atoms with van der Waals surface area (Å²) in [6.45, 7) is 1.69. The number of carbonyl (C=O) groups is 1. The second kappa shape index (κ2) is 4.29. The van der Waals surface area contributed by atoms with Crippen LogP contribution in [0.4, 0.5) is 26.3 Å². The van der Waals surface area contributed by atoms with Gasteiger partial charge in [-0.2, -0.15) is 26.3 Å². The molecule has 0 amide bonds. The van der Waals surface area contributed by atoms with Gasteiger partial charge in [0, 0.05) is 5.56 Å². The molecule has 0 aliphatic carbocycles. The lowest BCUT2D eigenvalue weighted by atomic mass is 9.93. The lowest BCUT2D eigenvalue weighted by Gasteiger charge is -2.18. The van der Waals surface area contributed by atoms with Crippen molar-refractivity contribution in [2.75, 3.05) is 0 Å². The maximum Gasteiger partial charge on any atom is 0.417 e. The Morgan fingerprint density at radius 1 is 1.00 bits per heavy atom. The third kappa shape index (κ3) is 2.65. The fourth-order valence-electron chi connectivity index (χ4n) is 1.67. The quantitative estimate of drug-likeness (QED) is 0.551. The van der Waals surface area contributed by atoms with Gasteiger partial charge < -0.3 is 0 Å². The van der Waals surface area contributed by atoms with Gasteiger partial charge in [0.2, 0.25) is 0 Å². The number of aryl methyl sites for hydroxylation is 1. The van der Waals surface area contributed by atoms with Crippen LogP contribution in [-0.4, -0.2) is 5.78 Å². The molecule has 0 bridgehead atoms. The molecule has 18 heavy (non-hydrogen) atoms. The van der Waals surface area contributed by atoms with Gasteiger partial charge in [0.05, 0.1) is 11.1 Å². The molecule has 7 heteroatoms. The van der Waals surface area contributed by atoms with Crippen molar-refractivity contribution in [2.24, 2.45) is 0 Å². The average Bonchev–Trinajstić information content (AvgIpc) is 2.12. The van der Waals surface area contributed by atoms with E-state index in [0.29, 0.717) is 19.1 Å². The highest BCUT2D eigenvalue weighted by Gasteiger charge is 2.42. The average molecular weight is 270 g/mol. The van der Waals surface area contributed by atoms with Crippen molar-refractivity contribution in [3.63, 3.8) is 0 Å². The normalized spacial score (nSPS) is 12.7. The maximum absolute atomic E-state index is 12.7. The summed E-state index contributed by atoms with van der Waals surface area (Å²) in [5, 5.41) is 0. The van der Waals surface area contributed by atoms with Gasteiger partial charge in [-0.05, 0) is 25.5 Å². The second-order valence-corrected chi connectivity index (χ2v) is 3.73. The smallest absolute Gasteiger partial charge is 0.294 e. The van der Waals surface area contributed by atoms with Crippen LogP contribution < -0.4 is 0 Å². The van der Waals surface area contributed by atoms with Crippen molar-refractivity contribution >= 4 is 5.78 Å². The van der Waals surface area contributed by atoms with Crippen LogP contribution in [0.1, 0.15) is 34.0 Å². The SMILES string of the molecule is CC(=O)c1c(C(F)(F)F)ccc(C)c1C(F)(F)F. The van der Waals surface area contributed by atoms with Crippen molar-refractivity contribution in [3.8, 4) is 0 Å². The van der Waals surface area contributed by atoms with E-state index in [-0.39, 0.29) is 0 Å². The zero-order chi connectivity index (χ0) is 14.3. The summed E-state index contributed by atoms with van der Waals surface area (Å²) in [7, 11) is 0. The van der Waals surface area contributed by atoms with E-state index >= 15 is 0 Å². The Morgan fingerprint density at radius 2 is 1.50 bits per heavy atom. The van der Waals surface area contributed by atoms with Crippen LogP contribution >= 0.6 is 0 Å². The van der Waals surface area contributed by atoms with E-state index in [0.717, 1.165) is 6.92 Å². The van der Waals surface area contributed by atoms with Crippen molar-refractivity contribution in [2.45, 2.75) is 26.2 Å². The molecule has 0 aliphatic heterocycles. The Hall–Kier alpha value is -1.53. The Labute approximate surface area is 98.4 Å². The molecule has 0 atom stereocenters. The van der Waals surface area contributed by atoms with E-state index in [1.807, 2.05) is 0 Å². The molecule has 0 N–H and O–H groups in total. The predicted octanol–water partition coefficient (Wildman–Crippen LogP) is 4.24. The van der Waals surface area contributed by atoms with E-state index in [2.05, 4.69) is 0 Å². The third-order valence-electron chi connectivity index (χ3n) is 2.35. The Bertz CT molecular complexity index is 484. The Balaban J connectivity index is 3.76. The van der Waals surface area contributed by atoms with E-state index in [1.165, 1.54) is 0 Å². The summed E-state index contributed by atoms with van der Waals surface area (Å²) in [4.78, 5) is 11.1. The molecular formula is C11H8F6O. The highest BCUT2D eigenvalue weighted by Crippen LogP contribution is 2.41. The van der Waals surface area contributed by atoms with E-state index < -0.39 is 40.4 Å². The molecule has 0 unspecified atom stereocenters. The Kier molecular flexibility index (Phi) is 3.47. The number of rotatable bonds is 1. The molecule has 0 spiro atoms. The molecule has 0 aromatic heterocycles. The molecule has 0 aliphatic rings. The van der Waals surface area contributed by atoms with Crippen LogP contribution in [0.3, 0.4) is 0 Å². The molecule has 1 aromatic rings. The molecule has 1 nitrogen and oxygen atoms in total. The molecule has 1 aromatic carbocycles. The van der Waals surface area contributed by atoms with E-state index in [4.69, 9.17) is 0 Å². The minimum Gasteiger partial charge on any atom is -0.294 e. The standard InChI is InChI=1S/C11H8F6O/c1-5-3-4-7(10(12,13)14)8(6(2)18)9(5)11(15,16)17/h3-4H,1-2H3. The van der Waals surface area contributed by atoms with Gasteiger partial charge in [-0.15, -0.1) is 0 Å². The van der Waals surface area contributed by atoms with Gasteiger partial charge in [-0.1, -0.05) is 6.07 Å². The topological polar surface area (TPSA) is 17.1 Å². The van der Waals surface area contributed by atoms with Gasteiger partial charge in [-0.25, -0.2) is 0 Å². The summed E-state index contributed by atoms with van der Waals surface area (Å²) in [6.07, 6.45) is -10.0. The molecule has 0 saturated heterocycles. The number of hydrogen-bond acceptors (Lipinski definition) is 1. The van der Waals surface area contributed by atoms with Crippen LogP contribution in [-0.2, 0) is 12.4 Å². The highest BCUT2D eigenvalue weighted by atomic mass is 19.4. The minimum absolute atomic E-state index is 0.416. The summed E-state index contributed by atoms with van der Waals surface area (Å²) < 4.78 is 75.9. The van der Waals surface area contributed by atoms with Crippen LogP contribution in [0, 0.1) is 6.92 Å². The summed E-state index contributed by atoms with van der Waals surface area (Å²) >= 11 is 0.